The zero-order valence-corrected chi connectivity index (χ0v) is 9.97. The molecular weight excluding hydrogens is 204 g/mol. The van der Waals surface area contributed by atoms with E-state index in [1.165, 1.54) is 20.9 Å². The molecule has 0 saturated heterocycles. The van der Waals surface area contributed by atoms with Crippen LogP contribution in [0.3, 0.4) is 0 Å². The van der Waals surface area contributed by atoms with E-state index in [0.29, 0.717) is 6.61 Å². The third kappa shape index (κ3) is 2.62. The zero-order valence-electron chi connectivity index (χ0n) is 8.34. The van der Waals surface area contributed by atoms with Crippen molar-refractivity contribution in [1.29, 1.82) is 0 Å². The van der Waals surface area contributed by atoms with Gasteiger partial charge in [-0.3, -0.25) is 4.18 Å². The Morgan fingerprint density at radius 1 is 1.31 bits per heavy atom. The molecule has 0 radical (unpaired) electrons. The first-order valence-electron chi connectivity index (χ1n) is 4.04. The summed E-state index contributed by atoms with van der Waals surface area (Å²) in [5.74, 6) is 0. The largest absolute Gasteiger partial charge is 0.285 e. The molecule has 0 N–H and O–H groups in total. The van der Waals surface area contributed by atoms with Crippen LogP contribution < -0.4 is 0 Å². The molecule has 1 heterocycles. The number of aryl methyl sites for hydroxylation is 1. The van der Waals surface area contributed by atoms with Crippen LogP contribution in [0, 0.1) is 20.8 Å². The molecule has 1 aromatic heterocycles. The Morgan fingerprint density at radius 2 is 1.92 bits per heavy atom. The number of thiophene rings is 1. The van der Waals surface area contributed by atoms with Crippen LogP contribution >= 0.6 is 11.3 Å². The molecule has 0 spiro atoms. The van der Waals surface area contributed by atoms with Crippen molar-refractivity contribution in [1.82, 2.24) is 0 Å². The maximum absolute atomic E-state index is 10.7. The molecule has 4 heteroatoms. The lowest BCUT2D eigenvalue weighted by Gasteiger charge is -1.98. The van der Waals surface area contributed by atoms with Crippen molar-refractivity contribution in [3.63, 3.8) is 0 Å². The van der Waals surface area contributed by atoms with E-state index in [1.54, 1.807) is 17.6 Å². The smallest absolute Gasteiger partial charge is 0.152 e. The van der Waals surface area contributed by atoms with E-state index >= 15 is 0 Å². The second-order valence-electron chi connectivity index (χ2n) is 2.99. The van der Waals surface area contributed by atoms with E-state index < -0.39 is 11.1 Å². The molecule has 0 bridgehead atoms. The molecule has 74 valence electrons. The third-order valence-corrected chi connectivity index (χ3v) is 3.87. The maximum atomic E-state index is 10.7. The standard InChI is InChI=1S/C9H14O2S2/c1-6-7(2)9(12-8(6)3)5-11-13(4)10/h5H2,1-4H3/t13-/m0/s1. The van der Waals surface area contributed by atoms with E-state index in [4.69, 9.17) is 4.18 Å². The van der Waals surface area contributed by atoms with Gasteiger partial charge >= 0.3 is 0 Å². The highest BCUT2D eigenvalue weighted by molar-refractivity contribution is 7.79. The highest BCUT2D eigenvalue weighted by Gasteiger charge is 2.08. The van der Waals surface area contributed by atoms with Crippen LogP contribution in [0.1, 0.15) is 20.9 Å². The lowest BCUT2D eigenvalue weighted by molar-refractivity contribution is 0.343. The van der Waals surface area contributed by atoms with Crippen molar-refractivity contribution in [2.45, 2.75) is 27.4 Å². The van der Waals surface area contributed by atoms with Gasteiger partial charge in [0.05, 0.1) is 6.61 Å². The van der Waals surface area contributed by atoms with E-state index in [0.717, 1.165) is 0 Å². The number of rotatable bonds is 3. The van der Waals surface area contributed by atoms with E-state index in [-0.39, 0.29) is 0 Å². The molecule has 0 aliphatic rings. The SMILES string of the molecule is Cc1sc(CO[S@@](C)=O)c(C)c1C. The average molecular weight is 218 g/mol. The molecule has 0 fully saturated rings. The van der Waals surface area contributed by atoms with Gasteiger partial charge in [0.15, 0.2) is 11.1 Å². The lowest BCUT2D eigenvalue weighted by atomic mass is 10.1. The quantitative estimate of drug-likeness (QED) is 0.779. The summed E-state index contributed by atoms with van der Waals surface area (Å²) in [6, 6.07) is 0. The van der Waals surface area contributed by atoms with Gasteiger partial charge in [0.25, 0.3) is 0 Å². The number of hydrogen-bond acceptors (Lipinski definition) is 3. The van der Waals surface area contributed by atoms with Gasteiger partial charge < -0.3 is 0 Å². The van der Waals surface area contributed by atoms with E-state index in [9.17, 15) is 4.21 Å². The van der Waals surface area contributed by atoms with Crippen LogP contribution in [0.2, 0.25) is 0 Å². The van der Waals surface area contributed by atoms with Crippen LogP contribution in [0.5, 0.6) is 0 Å². The van der Waals surface area contributed by atoms with Gasteiger partial charge in [0.2, 0.25) is 0 Å². The molecule has 1 atom stereocenters. The minimum Gasteiger partial charge on any atom is -0.285 e. The first-order chi connectivity index (χ1) is 6.02. The first kappa shape index (κ1) is 10.9. The molecule has 13 heavy (non-hydrogen) atoms. The normalized spacial score (nSPS) is 13.2. The summed E-state index contributed by atoms with van der Waals surface area (Å²) in [7, 11) is 0. The van der Waals surface area contributed by atoms with Gasteiger partial charge in [0, 0.05) is 16.0 Å². The summed E-state index contributed by atoms with van der Waals surface area (Å²) in [6.45, 7) is 6.75. The van der Waals surface area contributed by atoms with Crippen molar-refractivity contribution < 1.29 is 8.39 Å². The predicted molar refractivity (Wildman–Crippen MR) is 57.4 cm³/mol. The fourth-order valence-electron chi connectivity index (χ4n) is 1.09. The summed E-state index contributed by atoms with van der Waals surface area (Å²) in [4.78, 5) is 2.50. The minimum absolute atomic E-state index is 0.467. The van der Waals surface area contributed by atoms with Crippen LogP contribution in [-0.2, 0) is 21.9 Å². The average Bonchev–Trinajstić information content (AvgIpc) is 2.29. The second-order valence-corrected chi connectivity index (χ2v) is 5.34. The third-order valence-electron chi connectivity index (χ3n) is 2.14. The summed E-state index contributed by atoms with van der Waals surface area (Å²) in [6.07, 6.45) is 1.54. The van der Waals surface area contributed by atoms with Crippen molar-refractivity contribution in [2.24, 2.45) is 0 Å². The van der Waals surface area contributed by atoms with Crippen LogP contribution in [0.4, 0.5) is 0 Å². The fourth-order valence-corrected chi connectivity index (χ4v) is 2.54. The maximum Gasteiger partial charge on any atom is 0.152 e. The van der Waals surface area contributed by atoms with E-state index in [2.05, 4.69) is 20.8 Å². The zero-order chi connectivity index (χ0) is 10.0. The highest BCUT2D eigenvalue weighted by atomic mass is 32.2. The molecule has 0 aliphatic heterocycles. The predicted octanol–water partition coefficient (Wildman–Crippen LogP) is 2.48. The molecule has 0 unspecified atom stereocenters. The Kier molecular flexibility index (Phi) is 3.64. The van der Waals surface area contributed by atoms with Gasteiger partial charge in [-0.15, -0.1) is 11.3 Å². The summed E-state index contributed by atoms with van der Waals surface area (Å²) in [5, 5.41) is 0. The topological polar surface area (TPSA) is 26.3 Å². The summed E-state index contributed by atoms with van der Waals surface area (Å²) < 4.78 is 15.8. The molecule has 0 aliphatic carbocycles. The van der Waals surface area contributed by atoms with Gasteiger partial charge in [0.1, 0.15) is 0 Å². The lowest BCUT2D eigenvalue weighted by Crippen LogP contribution is -1.94. The van der Waals surface area contributed by atoms with Gasteiger partial charge in [-0.1, -0.05) is 0 Å². The van der Waals surface area contributed by atoms with Crippen molar-refractivity contribution in [3.8, 4) is 0 Å². The van der Waals surface area contributed by atoms with E-state index in [1.807, 2.05) is 0 Å². The Labute approximate surface area is 85.6 Å². The Bertz CT molecular complexity index is 329. The van der Waals surface area contributed by atoms with Crippen LogP contribution in [-0.4, -0.2) is 10.5 Å². The van der Waals surface area contributed by atoms with Gasteiger partial charge in [-0.25, -0.2) is 4.21 Å². The van der Waals surface area contributed by atoms with Crippen molar-refractivity contribution >= 4 is 22.4 Å². The molecular formula is C9H14O2S2. The van der Waals surface area contributed by atoms with Crippen LogP contribution in [0.15, 0.2) is 0 Å². The van der Waals surface area contributed by atoms with Gasteiger partial charge in [-0.05, 0) is 31.9 Å². The minimum atomic E-state index is -1.17. The summed E-state index contributed by atoms with van der Waals surface area (Å²) >= 11 is 0.559. The molecule has 0 amide bonds. The molecule has 0 saturated carbocycles. The molecule has 1 rings (SSSR count). The molecule has 2 nitrogen and oxygen atoms in total. The second kappa shape index (κ2) is 4.35. The van der Waals surface area contributed by atoms with Crippen molar-refractivity contribution in [3.05, 3.63) is 20.9 Å². The number of hydrogen-bond donors (Lipinski definition) is 0. The fraction of sp³-hybridized carbons (Fsp3) is 0.556. The Morgan fingerprint density at radius 3 is 2.31 bits per heavy atom. The van der Waals surface area contributed by atoms with Crippen molar-refractivity contribution in [2.75, 3.05) is 6.26 Å². The van der Waals surface area contributed by atoms with Crippen LogP contribution in [0.25, 0.3) is 0 Å². The monoisotopic (exact) mass is 218 g/mol. The molecule has 1 aromatic rings. The van der Waals surface area contributed by atoms with Gasteiger partial charge in [-0.2, -0.15) is 0 Å². The molecule has 0 aromatic carbocycles. The highest BCUT2D eigenvalue weighted by Crippen LogP contribution is 2.27. The Balaban J connectivity index is 2.78. The summed E-state index contributed by atoms with van der Waals surface area (Å²) in [5.41, 5.74) is 2.60. The Hall–Kier alpha value is -0.190. The first-order valence-corrected chi connectivity index (χ1v) is 6.34.